The fraction of sp³-hybridized carbons (Fsp3) is 0.111. The fourth-order valence-corrected chi connectivity index (χ4v) is 2.81. The number of tetrazole rings is 1. The van der Waals surface area contributed by atoms with Gasteiger partial charge in [0.2, 0.25) is 0 Å². The van der Waals surface area contributed by atoms with Crippen LogP contribution in [0.1, 0.15) is 5.56 Å². The summed E-state index contributed by atoms with van der Waals surface area (Å²) >= 11 is 0. The smallest absolute Gasteiger partial charge is 0.285 e. The van der Waals surface area contributed by atoms with Crippen molar-refractivity contribution in [3.63, 3.8) is 0 Å². The third kappa shape index (κ3) is 1.64. The lowest BCUT2D eigenvalue weighted by Crippen LogP contribution is -2.12. The molecule has 0 atom stereocenters. The quantitative estimate of drug-likeness (QED) is 0.763. The molecule has 0 amide bonds. The number of nitrogens with one attached hydrogen (secondary N) is 1. The van der Waals surface area contributed by atoms with Crippen LogP contribution in [0.25, 0.3) is 0 Å². The first-order valence-corrected chi connectivity index (χ1v) is 6.46. The first kappa shape index (κ1) is 10.8. The van der Waals surface area contributed by atoms with Crippen molar-refractivity contribution < 1.29 is 8.42 Å². The van der Waals surface area contributed by atoms with Crippen molar-refractivity contribution in [3.8, 4) is 0 Å². The molecule has 9 heteroatoms. The topological polar surface area (TPSA) is 102 Å². The van der Waals surface area contributed by atoms with Gasteiger partial charge >= 0.3 is 0 Å². The molecule has 8 nitrogen and oxygen atoms in total. The predicted molar refractivity (Wildman–Crippen MR) is 62.6 cm³/mol. The minimum atomic E-state index is -3.63. The maximum atomic E-state index is 11.8. The number of sulfonamides is 1. The fourth-order valence-electron chi connectivity index (χ4n) is 1.64. The third-order valence-corrected chi connectivity index (χ3v) is 3.70. The number of hydrogen-bond acceptors (Lipinski definition) is 6. The molecule has 1 aliphatic heterocycles. The molecule has 0 spiro atoms. The lowest BCUT2D eigenvalue weighted by atomic mass is 10.2. The number of aryl methyl sites for hydroxylation is 1. The van der Waals surface area contributed by atoms with Gasteiger partial charge in [0.05, 0.1) is 7.05 Å². The molecule has 0 saturated carbocycles. The van der Waals surface area contributed by atoms with E-state index in [1.807, 2.05) is 0 Å². The first-order valence-electron chi connectivity index (χ1n) is 5.02. The number of anilines is 1. The zero-order valence-corrected chi connectivity index (χ0v) is 10.1. The second-order valence-electron chi connectivity index (χ2n) is 3.64. The van der Waals surface area contributed by atoms with Crippen molar-refractivity contribution in [2.45, 2.75) is 4.90 Å². The van der Waals surface area contributed by atoms with Gasteiger partial charge in [0, 0.05) is 5.56 Å². The van der Waals surface area contributed by atoms with Gasteiger partial charge in [-0.25, -0.2) is 0 Å². The summed E-state index contributed by atoms with van der Waals surface area (Å²) < 4.78 is 27.2. The normalized spacial score (nSPS) is 16.2. The Labute approximate surface area is 102 Å². The van der Waals surface area contributed by atoms with Crippen LogP contribution in [-0.2, 0) is 17.1 Å². The molecule has 1 N–H and O–H groups in total. The van der Waals surface area contributed by atoms with Crippen molar-refractivity contribution in [2.75, 3.05) is 5.32 Å². The molecular weight excluding hydrogens is 256 g/mol. The van der Waals surface area contributed by atoms with Gasteiger partial charge in [-0.1, -0.05) is 17.2 Å². The van der Waals surface area contributed by atoms with Crippen molar-refractivity contribution in [1.29, 1.82) is 0 Å². The van der Waals surface area contributed by atoms with Crippen molar-refractivity contribution in [3.05, 3.63) is 29.8 Å². The van der Waals surface area contributed by atoms with E-state index >= 15 is 0 Å². The summed E-state index contributed by atoms with van der Waals surface area (Å²) in [6, 6.07) is 6.56. The molecule has 0 aliphatic carbocycles. The standard InChI is InChI=1S/C9H8N6O2S/c1-15-12-9(11-14-15)10-8-6-4-2-3-5-7(6)18(16,17)13-8/h2-5H,1H3,(H,10,12,13). The zero-order chi connectivity index (χ0) is 12.8. The molecule has 0 fully saturated rings. The molecule has 0 bridgehead atoms. The van der Waals surface area contributed by atoms with Gasteiger partial charge in [0.25, 0.3) is 16.0 Å². The monoisotopic (exact) mass is 264 g/mol. The van der Waals surface area contributed by atoms with Gasteiger partial charge in [0.15, 0.2) is 5.84 Å². The third-order valence-electron chi connectivity index (χ3n) is 2.37. The average molecular weight is 264 g/mol. The largest absolute Gasteiger partial charge is 0.305 e. The van der Waals surface area contributed by atoms with Gasteiger partial charge in [0.1, 0.15) is 4.90 Å². The maximum absolute atomic E-state index is 11.8. The summed E-state index contributed by atoms with van der Waals surface area (Å²) in [4.78, 5) is 1.44. The van der Waals surface area contributed by atoms with E-state index < -0.39 is 10.0 Å². The van der Waals surface area contributed by atoms with Crippen LogP contribution in [0.2, 0.25) is 0 Å². The molecule has 2 aromatic rings. The lowest BCUT2D eigenvalue weighted by molar-refractivity contribution is 0.599. The molecule has 92 valence electrons. The molecule has 0 saturated heterocycles. The number of hydrogen-bond donors (Lipinski definition) is 1. The molecule has 18 heavy (non-hydrogen) atoms. The number of amidine groups is 1. The van der Waals surface area contributed by atoms with Gasteiger partial charge < -0.3 is 5.32 Å². The summed E-state index contributed by atoms with van der Waals surface area (Å²) in [5.74, 6) is 0.404. The highest BCUT2D eigenvalue weighted by molar-refractivity contribution is 7.90. The molecule has 2 heterocycles. The Morgan fingerprint density at radius 2 is 2.06 bits per heavy atom. The summed E-state index contributed by atoms with van der Waals surface area (Å²) in [6.07, 6.45) is 0. The van der Waals surface area contributed by atoms with Gasteiger partial charge in [-0.3, -0.25) is 0 Å². The Balaban J connectivity index is 2.04. The van der Waals surface area contributed by atoms with Crippen molar-refractivity contribution >= 4 is 21.8 Å². The van der Waals surface area contributed by atoms with Crippen LogP contribution in [0.5, 0.6) is 0 Å². The average Bonchev–Trinajstić information content (AvgIpc) is 2.83. The van der Waals surface area contributed by atoms with Crippen molar-refractivity contribution in [2.24, 2.45) is 11.4 Å². The second kappa shape index (κ2) is 3.60. The summed E-state index contributed by atoms with van der Waals surface area (Å²) in [7, 11) is -2.01. The van der Waals surface area contributed by atoms with E-state index in [1.54, 1.807) is 25.2 Å². The molecule has 1 aromatic heterocycles. The van der Waals surface area contributed by atoms with E-state index in [-0.39, 0.29) is 16.7 Å². The molecular formula is C9H8N6O2S. The Kier molecular flexibility index (Phi) is 2.17. The van der Waals surface area contributed by atoms with Crippen LogP contribution in [0.4, 0.5) is 5.95 Å². The van der Waals surface area contributed by atoms with E-state index in [0.29, 0.717) is 5.56 Å². The van der Waals surface area contributed by atoms with Crippen LogP contribution in [0, 0.1) is 0 Å². The minimum Gasteiger partial charge on any atom is -0.305 e. The molecule has 3 rings (SSSR count). The number of nitrogens with zero attached hydrogens (tertiary/aromatic N) is 5. The predicted octanol–water partition coefficient (Wildman–Crippen LogP) is -0.229. The number of fused-ring (bicyclic) bond motifs is 1. The van der Waals surface area contributed by atoms with Crippen LogP contribution in [-0.4, -0.2) is 34.5 Å². The van der Waals surface area contributed by atoms with E-state index in [0.717, 1.165) is 0 Å². The minimum absolute atomic E-state index is 0.177. The SMILES string of the molecule is Cn1nnc(NC2=NS(=O)(=O)c3ccccc32)n1. The molecule has 1 aromatic carbocycles. The van der Waals surface area contributed by atoms with Crippen LogP contribution in [0.15, 0.2) is 33.6 Å². The van der Waals surface area contributed by atoms with Crippen molar-refractivity contribution in [1.82, 2.24) is 20.2 Å². The summed E-state index contributed by atoms with van der Waals surface area (Å²) in [5.41, 5.74) is 0.505. The lowest BCUT2D eigenvalue weighted by Gasteiger charge is -2.00. The van der Waals surface area contributed by atoms with Gasteiger partial charge in [-0.05, 0) is 17.3 Å². The highest BCUT2D eigenvalue weighted by Crippen LogP contribution is 2.25. The number of aromatic nitrogens is 4. The Bertz CT molecular complexity index is 748. The van der Waals surface area contributed by atoms with Gasteiger partial charge in [-0.2, -0.15) is 13.2 Å². The van der Waals surface area contributed by atoms with E-state index in [4.69, 9.17) is 0 Å². The van der Waals surface area contributed by atoms with E-state index in [2.05, 4.69) is 25.1 Å². The molecule has 0 unspecified atom stereocenters. The maximum Gasteiger partial charge on any atom is 0.285 e. The highest BCUT2D eigenvalue weighted by atomic mass is 32.2. The molecule has 0 radical (unpaired) electrons. The highest BCUT2D eigenvalue weighted by Gasteiger charge is 2.28. The first-order chi connectivity index (χ1) is 8.56. The van der Waals surface area contributed by atoms with Gasteiger partial charge in [-0.15, -0.1) is 9.50 Å². The van der Waals surface area contributed by atoms with E-state index in [9.17, 15) is 8.42 Å². The molecule has 1 aliphatic rings. The number of rotatable bonds is 1. The van der Waals surface area contributed by atoms with Crippen LogP contribution < -0.4 is 5.32 Å². The van der Waals surface area contributed by atoms with E-state index in [1.165, 1.54) is 10.9 Å². The van der Waals surface area contributed by atoms with Crippen LogP contribution >= 0.6 is 0 Å². The number of benzene rings is 1. The Hall–Kier alpha value is -2.29. The Morgan fingerprint density at radius 3 is 2.78 bits per heavy atom. The Morgan fingerprint density at radius 1 is 1.28 bits per heavy atom. The zero-order valence-electron chi connectivity index (χ0n) is 9.27. The second-order valence-corrected chi connectivity index (χ2v) is 5.21. The summed E-state index contributed by atoms with van der Waals surface area (Å²) in [6.45, 7) is 0. The van der Waals surface area contributed by atoms with Crippen LogP contribution in [0.3, 0.4) is 0 Å². The summed E-state index contributed by atoms with van der Waals surface area (Å²) in [5, 5.41) is 14.0.